The predicted molar refractivity (Wildman–Crippen MR) is 125 cm³/mol. The highest BCUT2D eigenvalue weighted by molar-refractivity contribution is 6.05. The minimum atomic E-state index is -0.437. The molecule has 0 heterocycles. The van der Waals surface area contributed by atoms with Gasteiger partial charge in [0, 0.05) is 30.1 Å². The van der Waals surface area contributed by atoms with Gasteiger partial charge >= 0.3 is 5.97 Å². The van der Waals surface area contributed by atoms with Crippen LogP contribution in [-0.2, 0) is 16.1 Å². The molecule has 4 aliphatic rings. The van der Waals surface area contributed by atoms with Crippen molar-refractivity contribution in [3.63, 3.8) is 0 Å². The first-order chi connectivity index (χ1) is 15.9. The van der Waals surface area contributed by atoms with Crippen molar-refractivity contribution >= 4 is 23.5 Å². The molecular formula is C27H30N2O4. The first kappa shape index (κ1) is 21.7. The Balaban J connectivity index is 1.25. The molecule has 6 heteroatoms. The fourth-order valence-electron chi connectivity index (χ4n) is 6.61. The molecule has 0 saturated heterocycles. The van der Waals surface area contributed by atoms with Crippen LogP contribution in [0.2, 0.25) is 0 Å². The maximum absolute atomic E-state index is 13.3. The van der Waals surface area contributed by atoms with E-state index in [-0.39, 0.29) is 17.2 Å². The number of hydrogen-bond donors (Lipinski definition) is 2. The van der Waals surface area contributed by atoms with Crippen molar-refractivity contribution in [3.05, 3.63) is 59.7 Å². The largest absolute Gasteiger partial charge is 0.427 e. The average molecular weight is 447 g/mol. The van der Waals surface area contributed by atoms with E-state index in [0.29, 0.717) is 23.5 Å². The number of carbonyl (C=O) groups excluding carboxylic acids is 3. The van der Waals surface area contributed by atoms with E-state index in [1.54, 1.807) is 18.2 Å². The summed E-state index contributed by atoms with van der Waals surface area (Å²) in [6, 6.07) is 14.0. The minimum absolute atomic E-state index is 0.178. The Hall–Kier alpha value is -3.15. The number of hydrogen-bond acceptors (Lipinski definition) is 4. The number of nitrogens with one attached hydrogen (secondary N) is 2. The molecular weight excluding hydrogens is 416 g/mol. The number of carbonyl (C=O) groups is 3. The van der Waals surface area contributed by atoms with Gasteiger partial charge in [-0.15, -0.1) is 0 Å². The van der Waals surface area contributed by atoms with E-state index in [2.05, 4.69) is 10.6 Å². The molecule has 0 aromatic heterocycles. The maximum Gasteiger partial charge on any atom is 0.308 e. The lowest BCUT2D eigenvalue weighted by molar-refractivity contribution is -0.146. The molecule has 172 valence electrons. The Bertz CT molecular complexity index is 1060. The summed E-state index contributed by atoms with van der Waals surface area (Å²) in [6.45, 7) is 1.70. The van der Waals surface area contributed by atoms with Crippen LogP contribution in [0.1, 0.15) is 61.4 Å². The van der Waals surface area contributed by atoms with Gasteiger partial charge in [0.25, 0.3) is 5.91 Å². The molecule has 4 fully saturated rings. The highest BCUT2D eigenvalue weighted by Gasteiger charge is 2.54. The lowest BCUT2D eigenvalue weighted by atomic mass is 9.49. The summed E-state index contributed by atoms with van der Waals surface area (Å²) in [7, 11) is 0. The molecule has 33 heavy (non-hydrogen) atoms. The lowest BCUT2D eigenvalue weighted by Gasteiger charge is -2.55. The van der Waals surface area contributed by atoms with Crippen LogP contribution in [0.5, 0.6) is 5.75 Å². The molecule has 4 bridgehead atoms. The Morgan fingerprint density at radius 2 is 1.61 bits per heavy atom. The lowest BCUT2D eigenvalue weighted by Crippen LogP contribution is -2.53. The Morgan fingerprint density at radius 1 is 0.939 bits per heavy atom. The maximum atomic E-state index is 13.3. The van der Waals surface area contributed by atoms with Gasteiger partial charge in [0.1, 0.15) is 5.75 Å². The van der Waals surface area contributed by atoms with Gasteiger partial charge in [-0.1, -0.05) is 24.3 Å². The van der Waals surface area contributed by atoms with Crippen LogP contribution in [0.25, 0.3) is 0 Å². The normalized spacial score (nSPS) is 27.1. The third kappa shape index (κ3) is 4.52. The van der Waals surface area contributed by atoms with Crippen LogP contribution in [0, 0.1) is 23.2 Å². The summed E-state index contributed by atoms with van der Waals surface area (Å²) in [6.07, 6.45) is 7.01. The summed E-state index contributed by atoms with van der Waals surface area (Å²) < 4.78 is 5.08. The van der Waals surface area contributed by atoms with Gasteiger partial charge in [0.05, 0.1) is 0 Å². The van der Waals surface area contributed by atoms with E-state index in [0.717, 1.165) is 42.6 Å². The fourth-order valence-corrected chi connectivity index (χ4v) is 6.61. The first-order valence-corrected chi connectivity index (χ1v) is 11.9. The third-order valence-electron chi connectivity index (χ3n) is 7.58. The number of esters is 1. The van der Waals surface area contributed by atoms with Crippen LogP contribution >= 0.6 is 0 Å². The monoisotopic (exact) mass is 446 g/mol. The second kappa shape index (κ2) is 8.65. The van der Waals surface area contributed by atoms with Crippen molar-refractivity contribution in [1.29, 1.82) is 0 Å². The van der Waals surface area contributed by atoms with Gasteiger partial charge in [0.15, 0.2) is 0 Å². The Morgan fingerprint density at radius 3 is 2.27 bits per heavy atom. The molecule has 6 nitrogen and oxygen atoms in total. The smallest absolute Gasteiger partial charge is 0.308 e. The van der Waals surface area contributed by atoms with Crippen LogP contribution in [0.3, 0.4) is 0 Å². The number of para-hydroxylation sites is 1. The average Bonchev–Trinajstić information content (AvgIpc) is 2.77. The second-order valence-corrected chi connectivity index (χ2v) is 10.1. The molecule has 0 radical (unpaired) electrons. The number of benzene rings is 2. The molecule has 4 aliphatic carbocycles. The van der Waals surface area contributed by atoms with Gasteiger partial charge in [-0.2, -0.15) is 0 Å². The van der Waals surface area contributed by atoms with Crippen LogP contribution < -0.4 is 15.4 Å². The molecule has 0 spiro atoms. The van der Waals surface area contributed by atoms with Crippen molar-refractivity contribution in [3.8, 4) is 5.75 Å². The summed E-state index contributed by atoms with van der Waals surface area (Å²) in [5.74, 6) is 1.92. The molecule has 6 rings (SSSR count). The van der Waals surface area contributed by atoms with Gasteiger partial charge in [-0.3, -0.25) is 14.4 Å². The molecule has 2 aromatic carbocycles. The summed E-state index contributed by atoms with van der Waals surface area (Å²) >= 11 is 0. The number of anilines is 1. The molecule has 4 saturated carbocycles. The number of rotatable bonds is 6. The minimum Gasteiger partial charge on any atom is -0.427 e. The second-order valence-electron chi connectivity index (χ2n) is 10.1. The molecule has 0 unspecified atom stereocenters. The summed E-state index contributed by atoms with van der Waals surface area (Å²) in [5, 5.41) is 6.13. The van der Waals surface area contributed by atoms with Gasteiger partial charge in [-0.25, -0.2) is 0 Å². The van der Waals surface area contributed by atoms with Gasteiger partial charge in [0.2, 0.25) is 5.91 Å². The Kier molecular flexibility index (Phi) is 5.69. The van der Waals surface area contributed by atoms with Crippen molar-refractivity contribution < 1.29 is 19.1 Å². The molecule has 0 atom stereocenters. The summed E-state index contributed by atoms with van der Waals surface area (Å²) in [4.78, 5) is 37.3. The quantitative estimate of drug-likeness (QED) is 0.498. The van der Waals surface area contributed by atoms with Gasteiger partial charge < -0.3 is 15.4 Å². The molecule has 0 aliphatic heterocycles. The zero-order valence-electron chi connectivity index (χ0n) is 18.9. The van der Waals surface area contributed by atoms with Crippen molar-refractivity contribution in [2.75, 3.05) is 5.32 Å². The predicted octanol–water partition coefficient (Wildman–Crippen LogP) is 4.70. The van der Waals surface area contributed by atoms with E-state index in [4.69, 9.17) is 4.74 Å². The van der Waals surface area contributed by atoms with E-state index < -0.39 is 5.97 Å². The van der Waals surface area contributed by atoms with E-state index in [1.807, 2.05) is 24.3 Å². The van der Waals surface area contributed by atoms with Crippen LogP contribution in [-0.4, -0.2) is 17.8 Å². The van der Waals surface area contributed by atoms with E-state index in [1.165, 1.54) is 32.3 Å². The molecule has 2 aromatic rings. The molecule has 2 amide bonds. The van der Waals surface area contributed by atoms with E-state index in [9.17, 15) is 14.4 Å². The zero-order valence-corrected chi connectivity index (χ0v) is 18.9. The van der Waals surface area contributed by atoms with Crippen molar-refractivity contribution in [2.45, 2.75) is 52.0 Å². The Labute approximate surface area is 194 Å². The van der Waals surface area contributed by atoms with Crippen molar-refractivity contribution in [2.24, 2.45) is 23.2 Å². The van der Waals surface area contributed by atoms with Crippen LogP contribution in [0.15, 0.2) is 48.5 Å². The molecule has 2 N–H and O–H groups in total. The first-order valence-electron chi connectivity index (χ1n) is 11.9. The standard InChI is InChI=1S/C27H30N2O4/c1-17(30)33-23-7-4-6-21(12-23)25(31)29-24-8-3-2-5-22(24)16-28-26(32)27-13-18-9-19(14-27)11-20(10-18)15-27/h2-8,12,18-20H,9-11,13-16H2,1H3,(H,28,32)(H,29,31). The van der Waals surface area contributed by atoms with Crippen LogP contribution in [0.4, 0.5) is 5.69 Å². The fraction of sp³-hybridized carbons (Fsp3) is 0.444. The topological polar surface area (TPSA) is 84.5 Å². The highest BCUT2D eigenvalue weighted by Crippen LogP contribution is 2.60. The number of ether oxygens (including phenoxy) is 1. The summed E-state index contributed by atoms with van der Waals surface area (Å²) in [5.41, 5.74) is 1.72. The SMILES string of the molecule is CC(=O)Oc1cccc(C(=O)Nc2ccccc2CNC(=O)C23CC4CC(CC(C4)C2)C3)c1. The highest BCUT2D eigenvalue weighted by atomic mass is 16.5. The van der Waals surface area contributed by atoms with E-state index >= 15 is 0 Å². The van der Waals surface area contributed by atoms with Crippen molar-refractivity contribution in [1.82, 2.24) is 5.32 Å². The van der Waals surface area contributed by atoms with Gasteiger partial charge in [-0.05, 0) is 86.1 Å². The zero-order chi connectivity index (χ0) is 23.0. The third-order valence-corrected chi connectivity index (χ3v) is 7.58. The number of amides is 2.